The van der Waals surface area contributed by atoms with Gasteiger partial charge in [0.15, 0.2) is 24.8 Å². The molecule has 27 heavy (non-hydrogen) atoms. The van der Waals surface area contributed by atoms with Crippen LogP contribution in [-0.2, 0) is 19.0 Å². The molecule has 0 bridgehead atoms. The van der Waals surface area contributed by atoms with Crippen molar-refractivity contribution >= 4 is 11.8 Å². The molecule has 0 aromatic carbocycles. The average molecular weight is 390 g/mol. The summed E-state index contributed by atoms with van der Waals surface area (Å²) in [5, 5.41) is 10.1. The number of amidine groups is 1. The maximum absolute atomic E-state index is 14.7. The highest BCUT2D eigenvalue weighted by Crippen LogP contribution is 2.43. The van der Waals surface area contributed by atoms with Crippen LogP contribution in [0.4, 0.5) is 8.78 Å². The van der Waals surface area contributed by atoms with Crippen molar-refractivity contribution in [2.24, 2.45) is 22.4 Å². The van der Waals surface area contributed by atoms with Crippen molar-refractivity contribution in [1.82, 2.24) is 4.90 Å². The first-order chi connectivity index (χ1) is 12.5. The number of esters is 1. The van der Waals surface area contributed by atoms with Gasteiger partial charge in [-0.25, -0.2) is 4.99 Å². The molecule has 3 aliphatic heterocycles. The van der Waals surface area contributed by atoms with E-state index in [4.69, 9.17) is 25.7 Å². The van der Waals surface area contributed by atoms with Gasteiger partial charge in [-0.2, -0.15) is 8.78 Å². The molecule has 2 fully saturated rings. The van der Waals surface area contributed by atoms with Crippen LogP contribution in [-0.4, -0.2) is 70.8 Å². The van der Waals surface area contributed by atoms with Crippen molar-refractivity contribution < 1.29 is 32.9 Å². The van der Waals surface area contributed by atoms with Crippen molar-refractivity contribution in [3.05, 3.63) is 12.3 Å². The van der Waals surface area contributed by atoms with Gasteiger partial charge in [0.05, 0.1) is 0 Å². The van der Waals surface area contributed by atoms with Gasteiger partial charge in [-0.05, 0) is 18.9 Å². The Morgan fingerprint density at radius 1 is 1.41 bits per heavy atom. The zero-order chi connectivity index (χ0) is 20.1. The third kappa shape index (κ3) is 3.64. The summed E-state index contributed by atoms with van der Waals surface area (Å²) >= 11 is 0. The first kappa shape index (κ1) is 19.9. The molecule has 3 rings (SSSR count). The fourth-order valence-electron chi connectivity index (χ4n) is 2.97. The quantitative estimate of drug-likeness (QED) is 0.422. The number of hydrogen-bond acceptors (Lipinski definition) is 9. The maximum atomic E-state index is 14.7. The average Bonchev–Trinajstić information content (AvgIpc) is 3.30. The van der Waals surface area contributed by atoms with E-state index in [1.54, 1.807) is 13.8 Å². The second kappa shape index (κ2) is 6.97. The molecule has 0 amide bonds. The molecule has 7 atom stereocenters. The molecule has 5 N–H and O–H groups in total. The molecule has 9 nitrogen and oxygen atoms in total. The molecule has 2 saturated heterocycles. The molecule has 152 valence electrons. The van der Waals surface area contributed by atoms with E-state index >= 15 is 0 Å². The van der Waals surface area contributed by atoms with Gasteiger partial charge in [0, 0.05) is 6.20 Å². The van der Waals surface area contributed by atoms with Gasteiger partial charge in [-0.1, -0.05) is 13.8 Å². The van der Waals surface area contributed by atoms with Gasteiger partial charge in [0.25, 0.3) is 0 Å². The number of rotatable bonds is 5. The minimum Gasteiger partial charge on any atom is -0.459 e. The molecular weight excluding hydrogens is 366 g/mol. The molecule has 0 radical (unpaired) electrons. The second-order valence-corrected chi connectivity index (χ2v) is 7.22. The molecule has 0 aliphatic carbocycles. The summed E-state index contributed by atoms with van der Waals surface area (Å²) in [6.07, 6.45) is -5.40. The Morgan fingerprint density at radius 2 is 2.07 bits per heavy atom. The molecule has 0 spiro atoms. The van der Waals surface area contributed by atoms with Crippen LogP contribution in [0.5, 0.6) is 0 Å². The number of fused-ring (bicyclic) bond motifs is 1. The van der Waals surface area contributed by atoms with Crippen LogP contribution in [0.1, 0.15) is 20.8 Å². The lowest BCUT2D eigenvalue weighted by Gasteiger charge is -2.29. The standard InChI is InChI=1S/C16H24F2N4O5/c1-6(2)9(20)14(24)25-7(3)10-11(23)16(17,18)15(26-10)22-5-4-8(19)21-12-13(22)27-12/h4-7,9-13,15,23H,20H2,1-3H3,(H2,19,21)/t7-,9-,10+,11+,12?,13?,15+/m0/s1. The first-order valence-corrected chi connectivity index (χ1v) is 8.65. The number of ether oxygens (including phenoxy) is 3. The zero-order valence-corrected chi connectivity index (χ0v) is 15.2. The number of epoxide rings is 1. The number of carbonyl (C=O) groups is 1. The van der Waals surface area contributed by atoms with E-state index in [9.17, 15) is 18.7 Å². The number of aliphatic imine (C=N–C) groups is 1. The first-order valence-electron chi connectivity index (χ1n) is 8.65. The summed E-state index contributed by atoms with van der Waals surface area (Å²) in [6.45, 7) is 4.83. The van der Waals surface area contributed by atoms with Crippen LogP contribution in [0.3, 0.4) is 0 Å². The van der Waals surface area contributed by atoms with Crippen molar-refractivity contribution in [2.75, 3.05) is 0 Å². The fourth-order valence-corrected chi connectivity index (χ4v) is 2.97. The van der Waals surface area contributed by atoms with Crippen LogP contribution in [0.15, 0.2) is 17.3 Å². The van der Waals surface area contributed by atoms with E-state index < -0.39 is 54.9 Å². The minimum absolute atomic E-state index is 0.133. The van der Waals surface area contributed by atoms with Crippen molar-refractivity contribution in [3.63, 3.8) is 0 Å². The molecule has 0 saturated carbocycles. The summed E-state index contributed by atoms with van der Waals surface area (Å²) in [5.74, 6) is -4.45. The van der Waals surface area contributed by atoms with Gasteiger partial charge >= 0.3 is 11.9 Å². The monoisotopic (exact) mass is 390 g/mol. The minimum atomic E-state index is -3.65. The number of halogens is 2. The second-order valence-electron chi connectivity index (χ2n) is 7.22. The Balaban J connectivity index is 1.73. The van der Waals surface area contributed by atoms with Crippen molar-refractivity contribution in [1.29, 1.82) is 0 Å². The molecular formula is C16H24F2N4O5. The fraction of sp³-hybridized carbons (Fsp3) is 0.750. The van der Waals surface area contributed by atoms with Crippen LogP contribution < -0.4 is 11.5 Å². The number of nitrogens with zero attached hydrogens (tertiary/aromatic N) is 2. The summed E-state index contributed by atoms with van der Waals surface area (Å²) in [6, 6.07) is -0.906. The summed E-state index contributed by atoms with van der Waals surface area (Å²) in [4.78, 5) is 17.1. The lowest BCUT2D eigenvalue weighted by atomic mass is 10.0. The third-order valence-corrected chi connectivity index (χ3v) is 4.78. The lowest BCUT2D eigenvalue weighted by molar-refractivity contribution is -0.170. The molecule has 0 aromatic heterocycles. The molecule has 0 aromatic rings. The van der Waals surface area contributed by atoms with Gasteiger partial charge in [-0.3, -0.25) is 4.79 Å². The topological polar surface area (TPSA) is 136 Å². The van der Waals surface area contributed by atoms with E-state index in [1.165, 1.54) is 19.2 Å². The number of hydrogen-bond donors (Lipinski definition) is 3. The third-order valence-electron chi connectivity index (χ3n) is 4.78. The summed E-state index contributed by atoms with van der Waals surface area (Å²) < 4.78 is 45.2. The van der Waals surface area contributed by atoms with Crippen LogP contribution in [0, 0.1) is 5.92 Å². The van der Waals surface area contributed by atoms with Crippen LogP contribution >= 0.6 is 0 Å². The Hall–Kier alpha value is -1.82. The Morgan fingerprint density at radius 3 is 2.70 bits per heavy atom. The Bertz CT molecular complexity index is 659. The van der Waals surface area contributed by atoms with E-state index in [2.05, 4.69) is 4.99 Å². The van der Waals surface area contributed by atoms with Gasteiger partial charge in [-0.15, -0.1) is 0 Å². The Kier molecular flexibility index (Phi) is 5.14. The van der Waals surface area contributed by atoms with E-state index in [1.807, 2.05) is 0 Å². The van der Waals surface area contributed by atoms with E-state index in [0.29, 0.717) is 0 Å². The highest BCUT2D eigenvalue weighted by Gasteiger charge is 2.65. The molecule has 3 heterocycles. The van der Waals surface area contributed by atoms with Crippen molar-refractivity contribution in [3.8, 4) is 0 Å². The van der Waals surface area contributed by atoms with Crippen molar-refractivity contribution in [2.45, 2.75) is 69.7 Å². The number of aliphatic hydroxyl groups excluding tert-OH is 1. The van der Waals surface area contributed by atoms with E-state index in [-0.39, 0.29) is 11.8 Å². The summed E-state index contributed by atoms with van der Waals surface area (Å²) in [7, 11) is 0. The van der Waals surface area contributed by atoms with Gasteiger partial charge in [0.2, 0.25) is 0 Å². The number of alkyl halides is 2. The SMILES string of the molecule is CC(C)[C@H](N)C(=O)O[C@@H](C)[C@H]1O[C@@H](N2C=CC(N)=NC3OC32)C(F)(F)[C@@H]1O. The lowest BCUT2D eigenvalue weighted by Crippen LogP contribution is -2.49. The largest absolute Gasteiger partial charge is 0.459 e. The highest BCUT2D eigenvalue weighted by atomic mass is 19.3. The molecule has 2 unspecified atom stereocenters. The number of aliphatic hydroxyl groups is 1. The predicted molar refractivity (Wildman–Crippen MR) is 89.2 cm³/mol. The van der Waals surface area contributed by atoms with Crippen LogP contribution in [0.25, 0.3) is 0 Å². The molecule has 11 heteroatoms. The van der Waals surface area contributed by atoms with Gasteiger partial charge in [0.1, 0.15) is 24.1 Å². The Labute approximate surface area is 154 Å². The normalized spacial score (nSPS) is 36.7. The zero-order valence-electron chi connectivity index (χ0n) is 15.2. The maximum Gasteiger partial charge on any atom is 0.323 e. The van der Waals surface area contributed by atoms with Crippen LogP contribution in [0.2, 0.25) is 0 Å². The van der Waals surface area contributed by atoms with Gasteiger partial charge < -0.3 is 35.7 Å². The number of nitrogens with two attached hydrogens (primary N) is 2. The highest BCUT2D eigenvalue weighted by molar-refractivity contribution is 5.91. The smallest absolute Gasteiger partial charge is 0.323 e. The summed E-state index contributed by atoms with van der Waals surface area (Å²) in [5.41, 5.74) is 11.3. The number of carbonyl (C=O) groups excluding carboxylic acids is 1. The predicted octanol–water partition coefficient (Wildman–Crippen LogP) is -0.509. The van der Waals surface area contributed by atoms with E-state index in [0.717, 1.165) is 4.90 Å². The molecule has 3 aliphatic rings.